The van der Waals surface area contributed by atoms with E-state index in [2.05, 4.69) is 25.1 Å². The quantitative estimate of drug-likeness (QED) is 0.419. The summed E-state index contributed by atoms with van der Waals surface area (Å²) >= 11 is 0. The molecule has 4 aromatic heterocycles. The van der Waals surface area contributed by atoms with Gasteiger partial charge in [-0.2, -0.15) is 5.10 Å². The molecule has 8 heteroatoms. The lowest BCUT2D eigenvalue weighted by molar-refractivity contribution is 0.628. The molecule has 156 valence electrons. The van der Waals surface area contributed by atoms with Crippen LogP contribution in [-0.2, 0) is 7.05 Å². The number of nitrogens with one attached hydrogen (secondary N) is 2. The Kier molecular flexibility index (Phi) is 3.94. The third-order valence-electron chi connectivity index (χ3n) is 5.82. The molecule has 2 aromatic carbocycles. The number of aromatic nitrogens is 7. The van der Waals surface area contributed by atoms with E-state index in [0.29, 0.717) is 11.5 Å². The summed E-state index contributed by atoms with van der Waals surface area (Å²) in [7, 11) is 1.97. The molecular formula is C24H18FN7. The summed E-state index contributed by atoms with van der Waals surface area (Å²) in [6.07, 6.45) is 3.59. The van der Waals surface area contributed by atoms with Crippen LogP contribution in [0.4, 0.5) is 4.39 Å². The first-order valence-corrected chi connectivity index (χ1v) is 10.2. The van der Waals surface area contributed by atoms with Crippen LogP contribution in [0, 0.1) is 12.7 Å². The van der Waals surface area contributed by atoms with Gasteiger partial charge in [-0.3, -0.25) is 10.1 Å². The van der Waals surface area contributed by atoms with Crippen LogP contribution in [0.15, 0.2) is 60.9 Å². The minimum absolute atomic E-state index is 0.264. The summed E-state index contributed by atoms with van der Waals surface area (Å²) in [4.78, 5) is 17.2. The summed E-state index contributed by atoms with van der Waals surface area (Å²) in [6, 6.07) is 14.3. The normalized spacial score (nSPS) is 11.6. The number of imidazole rings is 2. The van der Waals surface area contributed by atoms with Gasteiger partial charge in [-0.25, -0.2) is 14.4 Å². The smallest absolute Gasteiger partial charge is 0.159 e. The number of rotatable bonds is 3. The maximum atomic E-state index is 13.4. The molecule has 2 N–H and O–H groups in total. The number of pyridine rings is 1. The zero-order valence-electron chi connectivity index (χ0n) is 17.4. The number of hydrogen-bond acceptors (Lipinski definition) is 4. The summed E-state index contributed by atoms with van der Waals surface area (Å²) in [5.74, 6) is 1.30. The molecule has 0 unspecified atom stereocenters. The highest BCUT2D eigenvalue weighted by atomic mass is 19.1. The van der Waals surface area contributed by atoms with Crippen LogP contribution in [-0.4, -0.2) is 34.7 Å². The Labute approximate surface area is 182 Å². The zero-order valence-corrected chi connectivity index (χ0v) is 17.4. The van der Waals surface area contributed by atoms with Crippen molar-refractivity contribution in [2.75, 3.05) is 0 Å². The van der Waals surface area contributed by atoms with E-state index in [9.17, 15) is 4.39 Å². The van der Waals surface area contributed by atoms with Crippen molar-refractivity contribution in [3.63, 3.8) is 0 Å². The average molecular weight is 423 g/mol. The Hall–Kier alpha value is -4.33. The van der Waals surface area contributed by atoms with Crippen molar-refractivity contribution >= 4 is 21.9 Å². The SMILES string of the molecule is Cc1ncc(-c2cc3c(-c4nc5c(-c6ccc(F)cc6)cccc5[nH]4)n[nH]c3cn2)n1C. The number of benzene rings is 2. The lowest BCUT2D eigenvalue weighted by Crippen LogP contribution is -1.95. The van der Waals surface area contributed by atoms with E-state index in [1.807, 2.05) is 49.0 Å². The molecule has 0 bridgehead atoms. The lowest BCUT2D eigenvalue weighted by Gasteiger charge is -2.03. The maximum absolute atomic E-state index is 13.4. The van der Waals surface area contributed by atoms with E-state index in [1.54, 1.807) is 18.3 Å². The van der Waals surface area contributed by atoms with Crippen LogP contribution >= 0.6 is 0 Å². The van der Waals surface area contributed by atoms with Crippen LogP contribution in [0.5, 0.6) is 0 Å². The van der Waals surface area contributed by atoms with Gasteiger partial charge in [0, 0.05) is 18.0 Å². The van der Waals surface area contributed by atoms with Gasteiger partial charge in [0.05, 0.1) is 40.3 Å². The van der Waals surface area contributed by atoms with Gasteiger partial charge in [0.1, 0.15) is 17.3 Å². The summed E-state index contributed by atoms with van der Waals surface area (Å²) < 4.78 is 15.4. The van der Waals surface area contributed by atoms with Gasteiger partial charge in [-0.05, 0) is 36.8 Å². The minimum atomic E-state index is -0.264. The summed E-state index contributed by atoms with van der Waals surface area (Å²) in [6.45, 7) is 1.96. The molecule has 32 heavy (non-hydrogen) atoms. The number of fused-ring (bicyclic) bond motifs is 2. The highest BCUT2D eigenvalue weighted by Crippen LogP contribution is 2.32. The molecule has 7 nitrogen and oxygen atoms in total. The molecule has 0 aliphatic rings. The number of para-hydroxylation sites is 1. The summed E-state index contributed by atoms with van der Waals surface area (Å²) in [5.41, 5.74) is 6.80. The average Bonchev–Trinajstić information content (AvgIpc) is 3.50. The van der Waals surface area contributed by atoms with Crippen molar-refractivity contribution in [2.45, 2.75) is 6.92 Å². The molecule has 0 aliphatic carbocycles. The first-order chi connectivity index (χ1) is 15.6. The van der Waals surface area contributed by atoms with Crippen LogP contribution in [0.25, 0.3) is 56.0 Å². The van der Waals surface area contributed by atoms with Gasteiger partial charge < -0.3 is 9.55 Å². The third-order valence-corrected chi connectivity index (χ3v) is 5.82. The van der Waals surface area contributed by atoms with Gasteiger partial charge in [-0.1, -0.05) is 24.3 Å². The topological polar surface area (TPSA) is 88.1 Å². The molecule has 4 heterocycles. The predicted molar refractivity (Wildman–Crippen MR) is 121 cm³/mol. The Morgan fingerprint density at radius 3 is 2.59 bits per heavy atom. The predicted octanol–water partition coefficient (Wildman–Crippen LogP) is 5.02. The van der Waals surface area contributed by atoms with Gasteiger partial charge >= 0.3 is 0 Å². The van der Waals surface area contributed by atoms with Crippen molar-refractivity contribution in [1.29, 1.82) is 0 Å². The fourth-order valence-electron chi connectivity index (χ4n) is 3.98. The van der Waals surface area contributed by atoms with Crippen LogP contribution in [0.1, 0.15) is 5.82 Å². The van der Waals surface area contributed by atoms with E-state index in [1.165, 1.54) is 12.1 Å². The second kappa shape index (κ2) is 6.84. The molecule has 0 spiro atoms. The lowest BCUT2D eigenvalue weighted by atomic mass is 10.0. The Morgan fingerprint density at radius 1 is 0.969 bits per heavy atom. The minimum Gasteiger partial charge on any atom is -0.337 e. The highest BCUT2D eigenvalue weighted by molar-refractivity contribution is 5.97. The Morgan fingerprint density at radius 2 is 1.81 bits per heavy atom. The number of halogens is 1. The number of aryl methyl sites for hydroxylation is 1. The van der Waals surface area contributed by atoms with Gasteiger partial charge in [0.2, 0.25) is 0 Å². The van der Waals surface area contributed by atoms with Crippen molar-refractivity contribution < 1.29 is 4.39 Å². The van der Waals surface area contributed by atoms with Gasteiger partial charge in [0.25, 0.3) is 0 Å². The molecule has 0 radical (unpaired) electrons. The molecular weight excluding hydrogens is 405 g/mol. The van der Waals surface area contributed by atoms with E-state index < -0.39 is 0 Å². The largest absolute Gasteiger partial charge is 0.337 e. The fourth-order valence-corrected chi connectivity index (χ4v) is 3.98. The summed E-state index contributed by atoms with van der Waals surface area (Å²) in [5, 5.41) is 8.47. The molecule has 0 atom stereocenters. The van der Waals surface area contributed by atoms with Crippen LogP contribution in [0.2, 0.25) is 0 Å². The zero-order chi connectivity index (χ0) is 21.8. The number of hydrogen-bond donors (Lipinski definition) is 2. The van der Waals surface area contributed by atoms with Crippen molar-refractivity contribution in [3.8, 4) is 34.0 Å². The Balaban J connectivity index is 1.51. The molecule has 0 aliphatic heterocycles. The van der Waals surface area contributed by atoms with E-state index in [4.69, 9.17) is 4.98 Å². The number of aromatic amines is 2. The molecule has 6 aromatic rings. The first kappa shape index (κ1) is 18.4. The molecule has 6 rings (SSSR count). The van der Waals surface area contributed by atoms with E-state index in [-0.39, 0.29) is 5.82 Å². The second-order valence-electron chi connectivity index (χ2n) is 7.73. The monoisotopic (exact) mass is 423 g/mol. The molecule has 0 saturated heterocycles. The first-order valence-electron chi connectivity index (χ1n) is 10.2. The molecule has 0 amide bonds. The van der Waals surface area contributed by atoms with Crippen molar-refractivity contribution in [1.82, 2.24) is 34.7 Å². The molecule has 0 fully saturated rings. The number of H-pyrrole nitrogens is 2. The van der Waals surface area contributed by atoms with Crippen molar-refractivity contribution in [2.24, 2.45) is 7.05 Å². The van der Waals surface area contributed by atoms with Gasteiger partial charge in [-0.15, -0.1) is 0 Å². The highest BCUT2D eigenvalue weighted by Gasteiger charge is 2.17. The van der Waals surface area contributed by atoms with Crippen molar-refractivity contribution in [3.05, 3.63) is 72.6 Å². The van der Waals surface area contributed by atoms with E-state index in [0.717, 1.165) is 50.3 Å². The standard InChI is InChI=1S/C24H18FN7/c1-13-26-12-21(32(13)2)19-10-17-20(11-27-19)30-31-23(17)24-28-18-5-3-4-16(22(18)29-24)14-6-8-15(25)9-7-14/h3-12H,1-2H3,(H,28,29)(H,30,31). The third kappa shape index (κ3) is 2.80. The molecule has 0 saturated carbocycles. The Bertz CT molecular complexity index is 1610. The van der Waals surface area contributed by atoms with Crippen LogP contribution in [0.3, 0.4) is 0 Å². The maximum Gasteiger partial charge on any atom is 0.159 e. The second-order valence-corrected chi connectivity index (χ2v) is 7.73. The van der Waals surface area contributed by atoms with Crippen LogP contribution < -0.4 is 0 Å². The van der Waals surface area contributed by atoms with E-state index >= 15 is 0 Å². The fraction of sp³-hybridized carbons (Fsp3) is 0.0833. The number of nitrogens with zero attached hydrogens (tertiary/aromatic N) is 5. The van der Waals surface area contributed by atoms with Gasteiger partial charge in [0.15, 0.2) is 5.82 Å².